The molecule has 1 aliphatic heterocycles. The van der Waals surface area contributed by atoms with Crippen molar-refractivity contribution in [1.82, 2.24) is 4.90 Å². The third kappa shape index (κ3) is 3.15. The lowest BCUT2D eigenvalue weighted by Crippen LogP contribution is -2.33. The average molecular weight is 318 g/mol. The van der Waals surface area contributed by atoms with Gasteiger partial charge in [-0.15, -0.1) is 0 Å². The van der Waals surface area contributed by atoms with Gasteiger partial charge in [-0.25, -0.2) is 0 Å². The molecule has 2 fully saturated rings. The molecule has 5 heteroatoms. The van der Waals surface area contributed by atoms with Gasteiger partial charge >= 0.3 is 0 Å². The minimum Gasteiger partial charge on any atom is -0.493 e. The molecule has 2 aliphatic rings. The van der Waals surface area contributed by atoms with Gasteiger partial charge in [0.15, 0.2) is 11.5 Å². The van der Waals surface area contributed by atoms with Gasteiger partial charge in [-0.1, -0.05) is 0 Å². The molecule has 0 aromatic heterocycles. The van der Waals surface area contributed by atoms with Gasteiger partial charge in [0.05, 0.1) is 13.2 Å². The first-order valence-electron chi connectivity index (χ1n) is 8.39. The highest BCUT2D eigenvalue weighted by atomic mass is 16.5. The van der Waals surface area contributed by atoms with Crippen molar-refractivity contribution in [2.75, 3.05) is 20.2 Å². The SMILES string of the molecule is COc1cc(C(=O)N2CC3CCC(N)C3C2)ccc1OC(C)C. The van der Waals surface area contributed by atoms with Gasteiger partial charge in [-0.3, -0.25) is 4.79 Å². The molecule has 1 amide bonds. The summed E-state index contributed by atoms with van der Waals surface area (Å²) in [6.07, 6.45) is 2.29. The molecule has 3 unspecified atom stereocenters. The molecular weight excluding hydrogens is 292 g/mol. The lowest BCUT2D eigenvalue weighted by molar-refractivity contribution is 0.0779. The molecule has 2 N–H and O–H groups in total. The summed E-state index contributed by atoms with van der Waals surface area (Å²) in [6, 6.07) is 5.65. The Morgan fingerprint density at radius 1 is 1.26 bits per heavy atom. The second-order valence-electron chi connectivity index (χ2n) is 6.91. The van der Waals surface area contributed by atoms with E-state index in [1.807, 2.05) is 30.9 Å². The number of methoxy groups -OCH3 is 1. The number of amides is 1. The maximum absolute atomic E-state index is 12.8. The highest BCUT2D eigenvalue weighted by Gasteiger charge is 2.42. The Balaban J connectivity index is 1.75. The van der Waals surface area contributed by atoms with Crippen molar-refractivity contribution in [1.29, 1.82) is 0 Å². The number of likely N-dealkylation sites (tertiary alicyclic amines) is 1. The van der Waals surface area contributed by atoms with Crippen LogP contribution in [-0.4, -0.2) is 43.2 Å². The first kappa shape index (κ1) is 16.1. The quantitative estimate of drug-likeness (QED) is 0.925. The molecule has 1 saturated heterocycles. The van der Waals surface area contributed by atoms with Crippen LogP contribution in [0.15, 0.2) is 18.2 Å². The Morgan fingerprint density at radius 2 is 2.04 bits per heavy atom. The van der Waals surface area contributed by atoms with Crippen LogP contribution in [0.2, 0.25) is 0 Å². The number of hydrogen-bond donors (Lipinski definition) is 1. The van der Waals surface area contributed by atoms with Gasteiger partial charge in [-0.05, 0) is 56.7 Å². The minimum atomic E-state index is 0.0565. The number of carbonyl (C=O) groups is 1. The fraction of sp³-hybridized carbons (Fsp3) is 0.611. The topological polar surface area (TPSA) is 64.8 Å². The van der Waals surface area contributed by atoms with Crippen molar-refractivity contribution in [3.05, 3.63) is 23.8 Å². The highest BCUT2D eigenvalue weighted by molar-refractivity contribution is 5.95. The fourth-order valence-electron chi connectivity index (χ4n) is 3.81. The summed E-state index contributed by atoms with van der Waals surface area (Å²) in [5, 5.41) is 0. The summed E-state index contributed by atoms with van der Waals surface area (Å²) >= 11 is 0. The van der Waals surface area contributed by atoms with E-state index < -0.39 is 0 Å². The number of carbonyl (C=O) groups excluding carboxylic acids is 1. The summed E-state index contributed by atoms with van der Waals surface area (Å²) in [5.41, 5.74) is 6.80. The lowest BCUT2D eigenvalue weighted by atomic mass is 9.98. The lowest BCUT2D eigenvalue weighted by Gasteiger charge is -2.20. The molecule has 0 bridgehead atoms. The molecular formula is C18H26N2O3. The van der Waals surface area contributed by atoms with Gasteiger partial charge in [0.1, 0.15) is 0 Å². The maximum atomic E-state index is 12.8. The Bertz CT molecular complexity index is 588. The molecule has 0 radical (unpaired) electrons. The summed E-state index contributed by atoms with van der Waals surface area (Å²) < 4.78 is 11.1. The summed E-state index contributed by atoms with van der Waals surface area (Å²) in [7, 11) is 1.59. The zero-order valence-corrected chi connectivity index (χ0v) is 14.1. The molecule has 1 aromatic carbocycles. The number of rotatable bonds is 4. The van der Waals surface area contributed by atoms with Crippen LogP contribution >= 0.6 is 0 Å². The maximum Gasteiger partial charge on any atom is 0.254 e. The fourth-order valence-corrected chi connectivity index (χ4v) is 3.81. The number of benzene rings is 1. The normalized spacial score (nSPS) is 26.5. The standard InChI is InChI=1S/C18H26N2O3/c1-11(2)23-16-7-5-12(8-17(16)22-3)18(21)20-9-13-4-6-15(19)14(13)10-20/h5,7-8,11,13-15H,4,6,9-10,19H2,1-3H3. The first-order chi connectivity index (χ1) is 11.0. The second-order valence-corrected chi connectivity index (χ2v) is 6.91. The number of fused-ring (bicyclic) bond motifs is 1. The van der Waals surface area contributed by atoms with Crippen LogP contribution in [-0.2, 0) is 0 Å². The van der Waals surface area contributed by atoms with Crippen molar-refractivity contribution in [3.63, 3.8) is 0 Å². The third-order valence-electron chi connectivity index (χ3n) is 4.97. The Hall–Kier alpha value is -1.75. The third-order valence-corrected chi connectivity index (χ3v) is 4.97. The van der Waals surface area contributed by atoms with Crippen LogP contribution in [0.5, 0.6) is 11.5 Å². The molecule has 1 saturated carbocycles. The molecule has 5 nitrogen and oxygen atoms in total. The largest absolute Gasteiger partial charge is 0.493 e. The van der Waals surface area contributed by atoms with E-state index in [4.69, 9.17) is 15.2 Å². The number of nitrogens with zero attached hydrogens (tertiary/aromatic N) is 1. The van der Waals surface area contributed by atoms with E-state index in [9.17, 15) is 4.79 Å². The Labute approximate surface area is 137 Å². The number of hydrogen-bond acceptors (Lipinski definition) is 4. The van der Waals surface area contributed by atoms with Crippen molar-refractivity contribution in [2.24, 2.45) is 17.6 Å². The van der Waals surface area contributed by atoms with E-state index in [-0.39, 0.29) is 18.1 Å². The van der Waals surface area contributed by atoms with Crippen LogP contribution < -0.4 is 15.2 Å². The van der Waals surface area contributed by atoms with E-state index in [1.54, 1.807) is 13.2 Å². The van der Waals surface area contributed by atoms with E-state index >= 15 is 0 Å². The van der Waals surface area contributed by atoms with E-state index in [0.29, 0.717) is 28.9 Å². The van der Waals surface area contributed by atoms with Gasteiger partial charge in [-0.2, -0.15) is 0 Å². The predicted molar refractivity (Wildman–Crippen MR) is 88.9 cm³/mol. The van der Waals surface area contributed by atoms with Crippen molar-refractivity contribution in [3.8, 4) is 11.5 Å². The molecule has 1 heterocycles. The smallest absolute Gasteiger partial charge is 0.254 e. The predicted octanol–water partition coefficient (Wildman–Crippen LogP) is 2.29. The zero-order chi connectivity index (χ0) is 16.6. The van der Waals surface area contributed by atoms with Crippen molar-refractivity contribution >= 4 is 5.91 Å². The van der Waals surface area contributed by atoms with E-state index in [0.717, 1.165) is 25.9 Å². The highest BCUT2D eigenvalue weighted by Crippen LogP contribution is 2.38. The van der Waals surface area contributed by atoms with Crippen molar-refractivity contribution in [2.45, 2.75) is 38.8 Å². The molecule has 1 aliphatic carbocycles. The number of nitrogens with two attached hydrogens (primary N) is 1. The Kier molecular flexibility index (Phi) is 4.48. The molecule has 23 heavy (non-hydrogen) atoms. The van der Waals surface area contributed by atoms with Gasteiger partial charge < -0.3 is 20.1 Å². The van der Waals surface area contributed by atoms with Crippen LogP contribution in [0.3, 0.4) is 0 Å². The summed E-state index contributed by atoms with van der Waals surface area (Å²) in [6.45, 7) is 5.52. The molecule has 126 valence electrons. The van der Waals surface area contributed by atoms with Gasteiger partial charge in [0.25, 0.3) is 5.91 Å². The van der Waals surface area contributed by atoms with Gasteiger partial charge in [0, 0.05) is 24.7 Å². The van der Waals surface area contributed by atoms with E-state index in [1.165, 1.54) is 0 Å². The summed E-state index contributed by atoms with van der Waals surface area (Å²) in [4.78, 5) is 14.7. The first-order valence-corrected chi connectivity index (χ1v) is 8.39. The number of ether oxygens (including phenoxy) is 2. The molecule has 3 atom stereocenters. The van der Waals surface area contributed by atoms with Crippen LogP contribution in [0.4, 0.5) is 0 Å². The van der Waals surface area contributed by atoms with Crippen LogP contribution in [0.25, 0.3) is 0 Å². The molecule has 0 spiro atoms. The monoisotopic (exact) mass is 318 g/mol. The minimum absolute atomic E-state index is 0.0565. The average Bonchev–Trinajstić information content (AvgIpc) is 3.09. The molecule has 1 aromatic rings. The Morgan fingerprint density at radius 3 is 2.70 bits per heavy atom. The van der Waals surface area contributed by atoms with E-state index in [2.05, 4.69) is 0 Å². The van der Waals surface area contributed by atoms with Gasteiger partial charge in [0.2, 0.25) is 0 Å². The summed E-state index contributed by atoms with van der Waals surface area (Å²) in [5.74, 6) is 2.35. The van der Waals surface area contributed by atoms with Crippen LogP contribution in [0.1, 0.15) is 37.0 Å². The van der Waals surface area contributed by atoms with Crippen LogP contribution in [0, 0.1) is 11.8 Å². The van der Waals surface area contributed by atoms with Crippen molar-refractivity contribution < 1.29 is 14.3 Å². The molecule has 3 rings (SSSR count). The second kappa shape index (κ2) is 6.40. The zero-order valence-electron chi connectivity index (χ0n) is 14.1.